The number of nitrogens with one attached hydrogen (secondary N) is 1. The van der Waals surface area contributed by atoms with Crippen molar-refractivity contribution in [2.24, 2.45) is 0 Å². The predicted octanol–water partition coefficient (Wildman–Crippen LogP) is 5.20. The molecule has 0 aliphatic carbocycles. The summed E-state index contributed by atoms with van der Waals surface area (Å²) in [5, 5.41) is 9.08. The van der Waals surface area contributed by atoms with Crippen molar-refractivity contribution in [3.05, 3.63) is 68.8 Å². The maximum atomic E-state index is 12.2. The average Bonchev–Trinajstić information content (AvgIpc) is 3.44. The van der Waals surface area contributed by atoms with E-state index in [0.717, 1.165) is 33.4 Å². The summed E-state index contributed by atoms with van der Waals surface area (Å²) in [4.78, 5) is 23.8. The number of rotatable bonds is 7. The van der Waals surface area contributed by atoms with Gasteiger partial charge in [0, 0.05) is 27.7 Å². The van der Waals surface area contributed by atoms with Gasteiger partial charge in [0.05, 0.1) is 27.7 Å². The Kier molecular flexibility index (Phi) is 5.95. The molecule has 7 heteroatoms. The fourth-order valence-corrected chi connectivity index (χ4v) is 5.26. The van der Waals surface area contributed by atoms with Gasteiger partial charge in [0.25, 0.3) is 0 Å². The molecular weight excluding hydrogens is 406 g/mol. The monoisotopic (exact) mass is 425 g/mol. The highest BCUT2D eigenvalue weighted by atomic mass is 32.1. The fourth-order valence-electron chi connectivity index (χ4n) is 2.78. The zero-order valence-corrected chi connectivity index (χ0v) is 17.8. The first-order valence-electron chi connectivity index (χ1n) is 8.95. The second-order valence-electron chi connectivity index (χ2n) is 6.30. The van der Waals surface area contributed by atoms with Gasteiger partial charge in [-0.05, 0) is 25.5 Å². The lowest BCUT2D eigenvalue weighted by Gasteiger charge is -2.02. The SMILES string of the molecule is Cc1nc(-c2ccc(CCNC(=O)Cc3csc(-c4ccccc4)n3)s2)cs1. The molecule has 0 saturated carbocycles. The lowest BCUT2D eigenvalue weighted by Crippen LogP contribution is -2.27. The molecule has 0 radical (unpaired) electrons. The Morgan fingerprint density at radius 1 is 1.04 bits per heavy atom. The normalized spacial score (nSPS) is 10.9. The third-order valence-corrected chi connectivity index (χ3v) is 7.02. The highest BCUT2D eigenvalue weighted by Crippen LogP contribution is 2.29. The van der Waals surface area contributed by atoms with E-state index in [9.17, 15) is 4.79 Å². The van der Waals surface area contributed by atoms with Crippen LogP contribution < -0.4 is 5.32 Å². The van der Waals surface area contributed by atoms with Gasteiger partial charge < -0.3 is 5.32 Å². The van der Waals surface area contributed by atoms with E-state index in [0.29, 0.717) is 13.0 Å². The maximum Gasteiger partial charge on any atom is 0.226 e. The van der Waals surface area contributed by atoms with Gasteiger partial charge in [-0.2, -0.15) is 0 Å². The standard InChI is InChI=1S/C21H19N3OS3/c1-14-23-18(13-26-14)19-8-7-17(28-19)9-10-22-20(25)11-16-12-27-21(24-16)15-5-3-2-4-6-15/h2-8,12-13H,9-11H2,1H3,(H,22,25). The summed E-state index contributed by atoms with van der Waals surface area (Å²) < 4.78 is 0. The predicted molar refractivity (Wildman–Crippen MR) is 118 cm³/mol. The number of benzene rings is 1. The quantitative estimate of drug-likeness (QED) is 0.442. The van der Waals surface area contributed by atoms with E-state index in [4.69, 9.17) is 0 Å². The van der Waals surface area contributed by atoms with Gasteiger partial charge in [-0.15, -0.1) is 34.0 Å². The topological polar surface area (TPSA) is 54.9 Å². The molecule has 28 heavy (non-hydrogen) atoms. The molecule has 0 aliphatic rings. The smallest absolute Gasteiger partial charge is 0.226 e. The summed E-state index contributed by atoms with van der Waals surface area (Å²) in [6.07, 6.45) is 1.14. The molecule has 0 unspecified atom stereocenters. The van der Waals surface area contributed by atoms with E-state index in [2.05, 4.69) is 32.8 Å². The molecule has 0 bridgehead atoms. The van der Waals surface area contributed by atoms with E-state index in [1.807, 2.05) is 42.6 Å². The van der Waals surface area contributed by atoms with Crippen LogP contribution in [0.4, 0.5) is 0 Å². The molecule has 0 atom stereocenters. The van der Waals surface area contributed by atoms with Crippen LogP contribution in [0, 0.1) is 6.92 Å². The molecule has 1 N–H and O–H groups in total. The minimum Gasteiger partial charge on any atom is -0.355 e. The second-order valence-corrected chi connectivity index (χ2v) is 9.39. The number of hydrogen-bond acceptors (Lipinski definition) is 6. The first kappa shape index (κ1) is 19.0. The largest absolute Gasteiger partial charge is 0.355 e. The molecule has 3 aromatic heterocycles. The van der Waals surface area contributed by atoms with Gasteiger partial charge in [0.15, 0.2) is 0 Å². The summed E-state index contributed by atoms with van der Waals surface area (Å²) in [5.74, 6) is 0.0109. The summed E-state index contributed by atoms with van der Waals surface area (Å²) in [5.41, 5.74) is 2.95. The Morgan fingerprint density at radius 3 is 2.68 bits per heavy atom. The molecule has 4 nitrogen and oxygen atoms in total. The third-order valence-electron chi connectivity index (χ3n) is 4.14. The number of carbonyl (C=O) groups is 1. The zero-order valence-electron chi connectivity index (χ0n) is 15.3. The van der Waals surface area contributed by atoms with Crippen molar-refractivity contribution in [3.63, 3.8) is 0 Å². The van der Waals surface area contributed by atoms with Gasteiger partial charge in [0.2, 0.25) is 5.91 Å². The van der Waals surface area contributed by atoms with Gasteiger partial charge >= 0.3 is 0 Å². The molecule has 1 aromatic carbocycles. The molecular formula is C21H19N3OS3. The van der Waals surface area contributed by atoms with Crippen LogP contribution in [0.25, 0.3) is 21.1 Å². The van der Waals surface area contributed by atoms with Crippen LogP contribution >= 0.6 is 34.0 Å². The van der Waals surface area contributed by atoms with Crippen molar-refractivity contribution in [2.75, 3.05) is 6.54 Å². The highest BCUT2D eigenvalue weighted by molar-refractivity contribution is 7.16. The fraction of sp³-hybridized carbons (Fsp3) is 0.190. The average molecular weight is 426 g/mol. The lowest BCUT2D eigenvalue weighted by atomic mass is 10.2. The number of amides is 1. The van der Waals surface area contributed by atoms with Crippen molar-refractivity contribution in [1.29, 1.82) is 0 Å². The number of aromatic nitrogens is 2. The Balaban J connectivity index is 1.26. The number of nitrogens with zero attached hydrogens (tertiary/aromatic N) is 2. The minimum atomic E-state index is 0.0109. The molecule has 4 aromatic rings. The van der Waals surface area contributed by atoms with Crippen LogP contribution in [0.2, 0.25) is 0 Å². The van der Waals surface area contributed by atoms with Crippen molar-refractivity contribution >= 4 is 39.9 Å². The van der Waals surface area contributed by atoms with Gasteiger partial charge in [-0.3, -0.25) is 4.79 Å². The molecule has 0 saturated heterocycles. The maximum absolute atomic E-state index is 12.2. The molecule has 0 fully saturated rings. The van der Waals surface area contributed by atoms with Crippen molar-refractivity contribution < 1.29 is 4.79 Å². The van der Waals surface area contributed by atoms with E-state index in [-0.39, 0.29) is 5.91 Å². The van der Waals surface area contributed by atoms with Crippen LogP contribution in [-0.4, -0.2) is 22.4 Å². The van der Waals surface area contributed by atoms with E-state index >= 15 is 0 Å². The minimum absolute atomic E-state index is 0.0109. The number of thiazole rings is 2. The van der Waals surface area contributed by atoms with Crippen LogP contribution in [-0.2, 0) is 17.6 Å². The van der Waals surface area contributed by atoms with E-state index in [1.165, 1.54) is 9.75 Å². The van der Waals surface area contributed by atoms with Crippen molar-refractivity contribution in [3.8, 4) is 21.1 Å². The number of thiophene rings is 1. The van der Waals surface area contributed by atoms with Gasteiger partial charge in [-0.25, -0.2) is 9.97 Å². The summed E-state index contributed by atoms with van der Waals surface area (Å²) >= 11 is 4.98. The lowest BCUT2D eigenvalue weighted by molar-refractivity contribution is -0.120. The number of hydrogen-bond donors (Lipinski definition) is 1. The van der Waals surface area contributed by atoms with Gasteiger partial charge in [0.1, 0.15) is 5.01 Å². The Morgan fingerprint density at radius 2 is 1.89 bits per heavy atom. The van der Waals surface area contributed by atoms with Crippen LogP contribution in [0.15, 0.2) is 53.2 Å². The second kappa shape index (κ2) is 8.77. The zero-order chi connectivity index (χ0) is 19.3. The number of carbonyl (C=O) groups excluding carboxylic acids is 1. The first-order valence-corrected chi connectivity index (χ1v) is 11.5. The molecule has 0 spiro atoms. The van der Waals surface area contributed by atoms with Crippen LogP contribution in [0.3, 0.4) is 0 Å². The Bertz CT molecular complexity index is 1070. The van der Waals surface area contributed by atoms with E-state index in [1.54, 1.807) is 34.0 Å². The Labute approximate surface area is 175 Å². The number of aryl methyl sites for hydroxylation is 1. The Hall–Kier alpha value is -2.35. The molecule has 1 amide bonds. The van der Waals surface area contributed by atoms with Crippen LogP contribution in [0.1, 0.15) is 15.6 Å². The van der Waals surface area contributed by atoms with Gasteiger partial charge in [-0.1, -0.05) is 30.3 Å². The van der Waals surface area contributed by atoms with Crippen molar-refractivity contribution in [1.82, 2.24) is 15.3 Å². The summed E-state index contributed by atoms with van der Waals surface area (Å²) in [7, 11) is 0. The molecule has 0 aliphatic heterocycles. The van der Waals surface area contributed by atoms with Crippen LogP contribution in [0.5, 0.6) is 0 Å². The first-order chi connectivity index (χ1) is 13.7. The summed E-state index contributed by atoms with van der Waals surface area (Å²) in [6, 6.07) is 14.3. The molecule has 142 valence electrons. The van der Waals surface area contributed by atoms with Crippen molar-refractivity contribution in [2.45, 2.75) is 19.8 Å². The molecule has 4 rings (SSSR count). The third kappa shape index (κ3) is 4.73. The highest BCUT2D eigenvalue weighted by Gasteiger charge is 2.10. The van der Waals surface area contributed by atoms with E-state index < -0.39 is 0 Å². The summed E-state index contributed by atoms with van der Waals surface area (Å²) in [6.45, 7) is 2.65. The molecule has 3 heterocycles.